The van der Waals surface area contributed by atoms with E-state index in [9.17, 15) is 19.8 Å². The molecule has 4 aromatic carbocycles. The lowest BCUT2D eigenvalue weighted by Crippen LogP contribution is -2.64. The number of urea groups is 1. The van der Waals surface area contributed by atoms with Crippen LogP contribution in [0.3, 0.4) is 0 Å². The summed E-state index contributed by atoms with van der Waals surface area (Å²) in [5, 5.41) is 22.4. The van der Waals surface area contributed by atoms with E-state index in [1.54, 1.807) is 14.7 Å². The summed E-state index contributed by atoms with van der Waals surface area (Å²) in [4.78, 5) is 33.9. The van der Waals surface area contributed by atoms with Crippen molar-refractivity contribution in [1.82, 2.24) is 9.80 Å². The molecule has 1 saturated heterocycles. The predicted molar refractivity (Wildman–Crippen MR) is 166 cm³/mol. The Balaban J connectivity index is 1.22. The topological polar surface area (TPSA) is 87.6 Å². The number of nitrogens with zero attached hydrogens (tertiary/aromatic N) is 4. The highest BCUT2D eigenvalue weighted by Crippen LogP contribution is 2.40. The molecule has 43 heavy (non-hydrogen) atoms. The molecule has 0 bridgehead atoms. The van der Waals surface area contributed by atoms with Gasteiger partial charge in [0.1, 0.15) is 6.04 Å². The summed E-state index contributed by atoms with van der Waals surface area (Å²) >= 11 is 0. The fourth-order valence-electron chi connectivity index (χ4n) is 6.81. The van der Waals surface area contributed by atoms with E-state index in [1.165, 1.54) is 0 Å². The maximum atomic E-state index is 14.3. The standard InChI is InChI=1S/C35H34N4O4/c40-33(41)32-23-36(34(42)38-28-13-5-1-9-24(28)17-18-25-10-2-6-14-29(25)38)21-22-37(32)35(43)39-30-15-7-3-11-26(30)19-20-27-12-4-8-16-31(27)39/h1-16,32,35,43H,17-23H2,(H,40,41)/t32-,35?/m0/s1. The van der Waals surface area contributed by atoms with Gasteiger partial charge in [-0.2, -0.15) is 0 Å². The van der Waals surface area contributed by atoms with Gasteiger partial charge in [0.15, 0.2) is 6.35 Å². The lowest BCUT2D eigenvalue weighted by Gasteiger charge is -2.46. The minimum Gasteiger partial charge on any atom is -0.480 e. The van der Waals surface area contributed by atoms with Crippen molar-refractivity contribution in [3.8, 4) is 0 Å². The maximum absolute atomic E-state index is 14.3. The number of carboxylic acids is 1. The summed E-state index contributed by atoms with van der Waals surface area (Å²) in [5.74, 6) is -1.08. The number of aliphatic hydroxyl groups excluding tert-OH is 1. The van der Waals surface area contributed by atoms with Crippen LogP contribution < -0.4 is 9.80 Å². The third-order valence-electron chi connectivity index (χ3n) is 8.99. The van der Waals surface area contributed by atoms with Gasteiger partial charge < -0.3 is 20.0 Å². The Bertz CT molecular complexity index is 1590. The van der Waals surface area contributed by atoms with Crippen molar-refractivity contribution < 1.29 is 19.8 Å². The Morgan fingerprint density at radius 3 is 1.51 bits per heavy atom. The van der Waals surface area contributed by atoms with Gasteiger partial charge in [0, 0.05) is 31.0 Å². The summed E-state index contributed by atoms with van der Waals surface area (Å²) < 4.78 is 0. The zero-order valence-corrected chi connectivity index (χ0v) is 23.8. The first-order valence-corrected chi connectivity index (χ1v) is 14.9. The van der Waals surface area contributed by atoms with E-state index in [-0.39, 0.29) is 25.7 Å². The molecule has 1 unspecified atom stereocenters. The molecule has 2 amide bonds. The monoisotopic (exact) mass is 574 g/mol. The number of aliphatic hydroxyl groups is 1. The number of hydrogen-bond acceptors (Lipinski definition) is 5. The van der Waals surface area contributed by atoms with Crippen molar-refractivity contribution >= 4 is 34.7 Å². The zero-order chi connectivity index (χ0) is 29.5. The number of carbonyl (C=O) groups is 2. The molecule has 4 aromatic rings. The number of benzene rings is 4. The molecule has 0 aromatic heterocycles. The average Bonchev–Trinajstić information content (AvgIpc) is 3.32. The molecule has 3 aliphatic rings. The van der Waals surface area contributed by atoms with Crippen molar-refractivity contribution in [3.63, 3.8) is 0 Å². The number of hydrogen-bond donors (Lipinski definition) is 2. The quantitative estimate of drug-likeness (QED) is 0.344. The van der Waals surface area contributed by atoms with Crippen LogP contribution in [0.25, 0.3) is 0 Å². The van der Waals surface area contributed by atoms with Crippen LogP contribution in [-0.4, -0.2) is 64.0 Å². The molecule has 0 spiro atoms. The number of carbonyl (C=O) groups excluding carboxylic acids is 1. The van der Waals surface area contributed by atoms with Crippen LogP contribution in [0.5, 0.6) is 0 Å². The molecule has 3 aliphatic heterocycles. The summed E-state index contributed by atoms with van der Waals surface area (Å²) in [6, 6.07) is 30.4. The molecule has 2 atom stereocenters. The van der Waals surface area contributed by atoms with Gasteiger partial charge in [0.05, 0.1) is 11.4 Å². The number of fused-ring (bicyclic) bond motifs is 4. The number of carboxylic acid groups (broad SMARTS) is 1. The van der Waals surface area contributed by atoms with Crippen LogP contribution in [0.2, 0.25) is 0 Å². The van der Waals surface area contributed by atoms with E-state index < -0.39 is 18.4 Å². The van der Waals surface area contributed by atoms with Gasteiger partial charge >= 0.3 is 12.0 Å². The fraction of sp³-hybridized carbons (Fsp3) is 0.257. The number of para-hydroxylation sites is 4. The van der Waals surface area contributed by atoms with E-state index in [0.717, 1.165) is 70.7 Å². The van der Waals surface area contributed by atoms with Gasteiger partial charge in [0.2, 0.25) is 0 Å². The van der Waals surface area contributed by atoms with Gasteiger partial charge in [-0.15, -0.1) is 0 Å². The SMILES string of the molecule is O=C(O)[C@@H]1CN(C(=O)N2c3ccccc3CCc3ccccc32)CCN1C(O)N1c2ccccc2CCc2ccccc21. The van der Waals surface area contributed by atoms with Crippen LogP contribution in [0.4, 0.5) is 27.5 Å². The third kappa shape index (κ3) is 4.82. The second-order valence-corrected chi connectivity index (χ2v) is 11.4. The molecule has 8 heteroatoms. The molecule has 2 N–H and O–H groups in total. The highest BCUT2D eigenvalue weighted by molar-refractivity contribution is 6.01. The highest BCUT2D eigenvalue weighted by atomic mass is 16.4. The summed E-state index contributed by atoms with van der Waals surface area (Å²) in [7, 11) is 0. The van der Waals surface area contributed by atoms with Crippen molar-refractivity contribution in [3.05, 3.63) is 119 Å². The second kappa shape index (κ2) is 11.2. The van der Waals surface area contributed by atoms with E-state index in [0.29, 0.717) is 0 Å². The van der Waals surface area contributed by atoms with E-state index in [1.807, 2.05) is 89.8 Å². The molecule has 0 radical (unpaired) electrons. The molecule has 0 aliphatic carbocycles. The Kier molecular flexibility index (Phi) is 7.08. The van der Waals surface area contributed by atoms with Crippen LogP contribution in [0.1, 0.15) is 22.3 Å². The van der Waals surface area contributed by atoms with Gasteiger partial charge in [-0.3, -0.25) is 9.69 Å². The van der Waals surface area contributed by atoms with Crippen molar-refractivity contribution in [2.45, 2.75) is 38.1 Å². The van der Waals surface area contributed by atoms with E-state index >= 15 is 0 Å². The lowest BCUT2D eigenvalue weighted by atomic mass is 10.0. The number of amides is 2. The average molecular weight is 575 g/mol. The number of aryl methyl sites for hydroxylation is 4. The Hall–Kier alpha value is -4.66. The second-order valence-electron chi connectivity index (χ2n) is 11.4. The highest BCUT2D eigenvalue weighted by Gasteiger charge is 2.42. The molecule has 1 fully saturated rings. The summed E-state index contributed by atoms with van der Waals surface area (Å²) in [6.07, 6.45) is 2.03. The minimum atomic E-state index is -1.24. The van der Waals surface area contributed by atoms with Crippen LogP contribution in [0.15, 0.2) is 97.1 Å². The molecule has 7 rings (SSSR count). The smallest absolute Gasteiger partial charge is 0.329 e. The minimum absolute atomic E-state index is 0.0524. The normalized spacial score (nSPS) is 18.8. The van der Waals surface area contributed by atoms with Crippen LogP contribution in [0, 0.1) is 0 Å². The molecule has 218 valence electrons. The largest absolute Gasteiger partial charge is 0.480 e. The summed E-state index contributed by atoms with van der Waals surface area (Å²) in [5.41, 5.74) is 7.72. The van der Waals surface area contributed by atoms with Crippen LogP contribution >= 0.6 is 0 Å². The molecule has 0 saturated carbocycles. The van der Waals surface area contributed by atoms with Gasteiger partial charge in [-0.1, -0.05) is 72.8 Å². The van der Waals surface area contributed by atoms with Gasteiger partial charge in [-0.25, -0.2) is 9.69 Å². The Morgan fingerprint density at radius 2 is 1.05 bits per heavy atom. The fourth-order valence-corrected chi connectivity index (χ4v) is 6.81. The Labute approximate surface area is 251 Å². The summed E-state index contributed by atoms with van der Waals surface area (Å²) in [6.45, 7) is 0.419. The maximum Gasteiger partial charge on any atom is 0.329 e. The van der Waals surface area contributed by atoms with Gasteiger partial charge in [-0.05, 0) is 72.2 Å². The van der Waals surface area contributed by atoms with E-state index in [2.05, 4.69) is 12.1 Å². The first-order chi connectivity index (χ1) is 21.0. The predicted octanol–water partition coefficient (Wildman–Crippen LogP) is 5.33. The molecule has 3 heterocycles. The van der Waals surface area contributed by atoms with Crippen molar-refractivity contribution in [2.24, 2.45) is 0 Å². The molecule has 8 nitrogen and oxygen atoms in total. The number of rotatable bonds is 3. The number of aliphatic carboxylic acids is 1. The number of piperazine rings is 1. The Morgan fingerprint density at radius 1 is 0.628 bits per heavy atom. The molecular formula is C35H34N4O4. The first-order valence-electron chi connectivity index (χ1n) is 14.9. The first kappa shape index (κ1) is 27.2. The lowest BCUT2D eigenvalue weighted by molar-refractivity contribution is -0.151. The number of anilines is 4. The van der Waals surface area contributed by atoms with E-state index in [4.69, 9.17) is 0 Å². The third-order valence-corrected chi connectivity index (χ3v) is 8.99. The molecular weight excluding hydrogens is 540 g/mol. The van der Waals surface area contributed by atoms with Crippen molar-refractivity contribution in [2.75, 3.05) is 29.4 Å². The zero-order valence-electron chi connectivity index (χ0n) is 23.8. The van der Waals surface area contributed by atoms with Crippen molar-refractivity contribution in [1.29, 1.82) is 0 Å². The van der Waals surface area contributed by atoms with Crippen LogP contribution in [-0.2, 0) is 30.5 Å². The van der Waals surface area contributed by atoms with Gasteiger partial charge in [0.25, 0.3) is 0 Å².